The Morgan fingerprint density at radius 1 is 1.03 bits per heavy atom. The maximum absolute atomic E-state index is 5.43. The largest absolute Gasteiger partial charge is 0.362 e. The van der Waals surface area contributed by atoms with Crippen LogP contribution in [0.4, 0.5) is 11.6 Å². The highest BCUT2D eigenvalue weighted by atomic mass is 79.9. The van der Waals surface area contributed by atoms with E-state index in [1.807, 2.05) is 48.7 Å². The maximum Gasteiger partial charge on any atom is 0.254 e. The number of terminal acetylenes is 1. The van der Waals surface area contributed by atoms with Crippen LogP contribution in [0.15, 0.2) is 65.5 Å². The number of fused-ring (bicyclic) bond motifs is 1. The number of hydrogen-bond donors (Lipinski definition) is 3. The van der Waals surface area contributed by atoms with Crippen molar-refractivity contribution in [2.45, 2.75) is 6.54 Å². The molecule has 0 aliphatic rings. The number of aromatic nitrogens is 7. The molecule has 0 unspecified atom stereocenters. The Morgan fingerprint density at radius 3 is 2.64 bits per heavy atom. The molecule has 9 nitrogen and oxygen atoms in total. The van der Waals surface area contributed by atoms with Crippen LogP contribution in [0.3, 0.4) is 0 Å². The molecular weight excluding hydrogens is 482 g/mol. The summed E-state index contributed by atoms with van der Waals surface area (Å²) < 4.78 is 2.26. The van der Waals surface area contributed by atoms with Crippen molar-refractivity contribution in [3.8, 4) is 29.5 Å². The molecule has 0 bridgehead atoms. The lowest BCUT2D eigenvalue weighted by molar-refractivity contribution is 0.806. The zero-order valence-electron chi connectivity index (χ0n) is 17.3. The van der Waals surface area contributed by atoms with Crippen LogP contribution in [0, 0.1) is 12.3 Å². The minimum Gasteiger partial charge on any atom is -0.362 e. The molecule has 0 radical (unpaired) electrons. The van der Waals surface area contributed by atoms with Gasteiger partial charge in [0.2, 0.25) is 0 Å². The summed E-state index contributed by atoms with van der Waals surface area (Å²) in [6.07, 6.45) is 10.7. The Balaban J connectivity index is 1.46. The highest BCUT2D eigenvalue weighted by Crippen LogP contribution is 2.29. The van der Waals surface area contributed by atoms with Crippen molar-refractivity contribution in [2.24, 2.45) is 0 Å². The minimum atomic E-state index is 0.316. The zero-order valence-corrected chi connectivity index (χ0v) is 18.9. The van der Waals surface area contributed by atoms with Gasteiger partial charge in [-0.2, -0.15) is 15.1 Å². The fourth-order valence-corrected chi connectivity index (χ4v) is 3.72. The van der Waals surface area contributed by atoms with Crippen LogP contribution in [0.5, 0.6) is 0 Å². The molecule has 0 saturated carbocycles. The molecule has 4 aromatic heterocycles. The molecule has 4 heterocycles. The van der Waals surface area contributed by atoms with Crippen LogP contribution in [0.2, 0.25) is 0 Å². The monoisotopic (exact) mass is 499 g/mol. The molecule has 0 amide bonds. The number of hydrogen-bond acceptors (Lipinski definition) is 7. The molecule has 162 valence electrons. The highest BCUT2D eigenvalue weighted by Gasteiger charge is 2.15. The van der Waals surface area contributed by atoms with Gasteiger partial charge < -0.3 is 15.6 Å². The van der Waals surface area contributed by atoms with Gasteiger partial charge in [-0.1, -0.05) is 24.1 Å². The summed E-state index contributed by atoms with van der Waals surface area (Å²) in [6, 6.07) is 13.6. The first-order chi connectivity index (χ1) is 16.2. The highest BCUT2D eigenvalue weighted by molar-refractivity contribution is 9.10. The van der Waals surface area contributed by atoms with Crippen LogP contribution in [0.1, 0.15) is 5.82 Å². The third-order valence-electron chi connectivity index (χ3n) is 4.81. The van der Waals surface area contributed by atoms with E-state index < -0.39 is 0 Å². The molecular formula is C23H18BrN9. The van der Waals surface area contributed by atoms with Gasteiger partial charge in [0.25, 0.3) is 5.95 Å². The van der Waals surface area contributed by atoms with Crippen molar-refractivity contribution in [3.05, 3.63) is 71.4 Å². The number of rotatable bonds is 7. The van der Waals surface area contributed by atoms with Gasteiger partial charge in [-0.25, -0.2) is 9.67 Å². The summed E-state index contributed by atoms with van der Waals surface area (Å²) in [4.78, 5) is 21.5. The topological polar surface area (TPSA) is 109 Å². The van der Waals surface area contributed by atoms with Crippen LogP contribution >= 0.6 is 15.9 Å². The Labute approximate surface area is 197 Å². The SMILES string of the molecule is C#CCNc1nc(-n2cc(-c3ccccn3)cn2)nc(NCc2nc3ccccc3[nH]2)c1Br. The Hall–Kier alpha value is -4.23. The van der Waals surface area contributed by atoms with Gasteiger partial charge >= 0.3 is 0 Å². The summed E-state index contributed by atoms with van der Waals surface area (Å²) in [5.41, 5.74) is 3.56. The van der Waals surface area contributed by atoms with E-state index in [1.54, 1.807) is 17.1 Å². The lowest BCUT2D eigenvalue weighted by Gasteiger charge is -2.13. The molecule has 5 aromatic rings. The molecule has 0 atom stereocenters. The Bertz CT molecular complexity index is 1420. The summed E-state index contributed by atoms with van der Waals surface area (Å²) in [7, 11) is 0. The van der Waals surface area contributed by atoms with Gasteiger partial charge in [-0.15, -0.1) is 6.42 Å². The second-order valence-electron chi connectivity index (χ2n) is 7.04. The number of anilines is 2. The summed E-state index contributed by atoms with van der Waals surface area (Å²) in [5.74, 6) is 4.87. The van der Waals surface area contributed by atoms with Crippen LogP contribution in [0.25, 0.3) is 28.2 Å². The number of pyridine rings is 1. The molecule has 0 fully saturated rings. The first-order valence-corrected chi connectivity index (χ1v) is 10.9. The van der Waals surface area contributed by atoms with Crippen molar-refractivity contribution in [1.82, 2.24) is 34.7 Å². The number of aromatic amines is 1. The van der Waals surface area contributed by atoms with E-state index in [0.717, 1.165) is 28.1 Å². The Kier molecular flexibility index (Phi) is 5.70. The lowest BCUT2D eigenvalue weighted by Crippen LogP contribution is -2.12. The van der Waals surface area contributed by atoms with Gasteiger partial charge in [0.05, 0.1) is 36.0 Å². The fourth-order valence-electron chi connectivity index (χ4n) is 3.26. The lowest BCUT2D eigenvalue weighted by atomic mass is 10.2. The number of nitrogens with zero attached hydrogens (tertiary/aromatic N) is 6. The maximum atomic E-state index is 5.43. The molecule has 10 heteroatoms. The quantitative estimate of drug-likeness (QED) is 0.290. The summed E-state index contributed by atoms with van der Waals surface area (Å²) in [5, 5.41) is 10.9. The van der Waals surface area contributed by atoms with E-state index in [1.165, 1.54) is 0 Å². The molecule has 3 N–H and O–H groups in total. The van der Waals surface area contributed by atoms with E-state index in [-0.39, 0.29) is 0 Å². The van der Waals surface area contributed by atoms with E-state index in [0.29, 0.717) is 35.1 Å². The summed E-state index contributed by atoms with van der Waals surface area (Å²) in [6.45, 7) is 0.757. The Morgan fingerprint density at radius 2 is 1.85 bits per heavy atom. The molecule has 33 heavy (non-hydrogen) atoms. The average molecular weight is 500 g/mol. The first kappa shape index (κ1) is 20.7. The molecule has 0 aliphatic carbocycles. The molecule has 5 rings (SSSR count). The van der Waals surface area contributed by atoms with Gasteiger partial charge in [0.1, 0.15) is 21.9 Å². The molecule has 0 aliphatic heterocycles. The molecule has 0 spiro atoms. The van der Waals surface area contributed by atoms with Crippen molar-refractivity contribution < 1.29 is 0 Å². The van der Waals surface area contributed by atoms with E-state index >= 15 is 0 Å². The van der Waals surface area contributed by atoms with Gasteiger partial charge in [-0.3, -0.25) is 4.98 Å². The number of H-pyrrole nitrogens is 1. The van der Waals surface area contributed by atoms with Gasteiger partial charge in [0.15, 0.2) is 0 Å². The van der Waals surface area contributed by atoms with Crippen LogP contribution in [-0.4, -0.2) is 41.2 Å². The second-order valence-corrected chi connectivity index (χ2v) is 7.83. The normalized spacial score (nSPS) is 10.8. The predicted octanol–water partition coefficient (Wildman–Crippen LogP) is 4.02. The number of imidazole rings is 1. The fraction of sp³-hybridized carbons (Fsp3) is 0.0870. The number of para-hydroxylation sites is 2. The standard InChI is InChI=1S/C23H18BrN9/c1-2-10-26-21-20(24)22(27-13-19-29-17-8-3-4-9-18(17)30-19)32-23(31-21)33-14-15(12-28-33)16-7-5-6-11-25-16/h1,3-9,11-12,14H,10,13H2,(H,29,30)(H2,26,27,31,32). The smallest absolute Gasteiger partial charge is 0.254 e. The number of halogens is 1. The van der Waals surface area contributed by atoms with Crippen molar-refractivity contribution in [3.63, 3.8) is 0 Å². The van der Waals surface area contributed by atoms with Crippen LogP contribution in [-0.2, 0) is 6.54 Å². The van der Waals surface area contributed by atoms with E-state index in [2.05, 4.69) is 62.5 Å². The first-order valence-electron chi connectivity index (χ1n) is 10.1. The van der Waals surface area contributed by atoms with Crippen LogP contribution < -0.4 is 10.6 Å². The predicted molar refractivity (Wildman–Crippen MR) is 131 cm³/mol. The minimum absolute atomic E-state index is 0.316. The van der Waals surface area contributed by atoms with Gasteiger partial charge in [-0.05, 0) is 40.2 Å². The van der Waals surface area contributed by atoms with E-state index in [4.69, 9.17) is 6.42 Å². The molecule has 0 saturated heterocycles. The van der Waals surface area contributed by atoms with Crippen molar-refractivity contribution >= 4 is 38.6 Å². The van der Waals surface area contributed by atoms with Gasteiger partial charge in [0, 0.05) is 18.0 Å². The van der Waals surface area contributed by atoms with Crippen molar-refractivity contribution in [1.29, 1.82) is 0 Å². The number of benzene rings is 1. The zero-order chi connectivity index (χ0) is 22.6. The third kappa shape index (κ3) is 4.40. The second kappa shape index (κ2) is 9.10. The average Bonchev–Trinajstić information content (AvgIpc) is 3.50. The third-order valence-corrected chi connectivity index (χ3v) is 5.56. The number of nitrogens with one attached hydrogen (secondary N) is 3. The summed E-state index contributed by atoms with van der Waals surface area (Å²) >= 11 is 3.58. The molecule has 1 aromatic carbocycles. The van der Waals surface area contributed by atoms with Crippen molar-refractivity contribution in [2.75, 3.05) is 17.2 Å². The van der Waals surface area contributed by atoms with E-state index in [9.17, 15) is 0 Å².